The van der Waals surface area contributed by atoms with E-state index in [9.17, 15) is 4.79 Å². The zero-order chi connectivity index (χ0) is 13.9. The molecule has 3 nitrogen and oxygen atoms in total. The summed E-state index contributed by atoms with van der Waals surface area (Å²) in [4.78, 5) is 11.6. The van der Waals surface area contributed by atoms with Gasteiger partial charge in [0.25, 0.3) is 0 Å². The summed E-state index contributed by atoms with van der Waals surface area (Å²) in [5.74, 6) is 2.66. The monoisotopic (exact) mass is 267 g/mol. The fourth-order valence-corrected chi connectivity index (χ4v) is 3.32. The molecule has 0 atom stereocenters. The molecule has 1 amide bonds. The van der Waals surface area contributed by atoms with Crippen molar-refractivity contribution in [1.82, 2.24) is 5.32 Å². The van der Waals surface area contributed by atoms with E-state index in [2.05, 4.69) is 5.32 Å². The van der Waals surface area contributed by atoms with Gasteiger partial charge in [-0.1, -0.05) is 19.3 Å². The van der Waals surface area contributed by atoms with Gasteiger partial charge in [0.15, 0.2) is 0 Å². The first-order chi connectivity index (χ1) is 8.94. The van der Waals surface area contributed by atoms with E-state index in [1.165, 1.54) is 44.9 Å². The van der Waals surface area contributed by atoms with E-state index in [1.807, 2.05) is 20.8 Å². The number of alkyl carbamates (subject to hydrolysis) is 1. The molecule has 0 radical (unpaired) electrons. The first-order valence-corrected chi connectivity index (χ1v) is 7.91. The zero-order valence-corrected chi connectivity index (χ0v) is 12.7. The van der Waals surface area contributed by atoms with Crippen LogP contribution in [0.3, 0.4) is 0 Å². The lowest BCUT2D eigenvalue weighted by molar-refractivity contribution is 0.0508. The number of amides is 1. The molecule has 0 aromatic rings. The third-order valence-corrected chi connectivity index (χ3v) is 4.64. The predicted molar refractivity (Wildman–Crippen MR) is 77.0 cm³/mol. The normalized spacial score (nSPS) is 28.6. The summed E-state index contributed by atoms with van der Waals surface area (Å²) in [6.07, 6.45) is 9.39. The van der Waals surface area contributed by atoms with Crippen LogP contribution < -0.4 is 5.32 Å². The lowest BCUT2D eigenvalue weighted by Gasteiger charge is -2.38. The number of hydrogen-bond donors (Lipinski definition) is 1. The van der Waals surface area contributed by atoms with Crippen LogP contribution in [0.4, 0.5) is 4.79 Å². The van der Waals surface area contributed by atoms with E-state index in [4.69, 9.17) is 4.74 Å². The molecule has 19 heavy (non-hydrogen) atoms. The van der Waals surface area contributed by atoms with Crippen molar-refractivity contribution in [2.24, 2.45) is 17.8 Å². The summed E-state index contributed by atoms with van der Waals surface area (Å²) in [5, 5.41) is 2.92. The molecule has 1 N–H and O–H groups in total. The first-order valence-electron chi connectivity index (χ1n) is 7.91. The van der Waals surface area contributed by atoms with E-state index >= 15 is 0 Å². The molecule has 0 spiro atoms. The average Bonchev–Trinajstić information content (AvgIpc) is 2.23. The topological polar surface area (TPSA) is 38.3 Å². The second-order valence-corrected chi connectivity index (χ2v) is 7.35. The van der Waals surface area contributed by atoms with Crippen molar-refractivity contribution < 1.29 is 9.53 Å². The molecule has 0 aromatic carbocycles. The standard InChI is InChI=1S/C16H29NO2/c1-16(2,3)19-15(18)17-11-12-7-9-14(10-8-12)13-5-4-6-13/h12-14H,4-11H2,1-3H3,(H,17,18). The third-order valence-electron chi connectivity index (χ3n) is 4.64. The van der Waals surface area contributed by atoms with Crippen LogP contribution in [0, 0.1) is 17.8 Å². The fraction of sp³-hybridized carbons (Fsp3) is 0.938. The van der Waals surface area contributed by atoms with Gasteiger partial charge in [-0.15, -0.1) is 0 Å². The molecule has 2 fully saturated rings. The molecular formula is C16H29NO2. The Balaban J connectivity index is 1.61. The van der Waals surface area contributed by atoms with Crippen LogP contribution in [-0.4, -0.2) is 18.2 Å². The van der Waals surface area contributed by atoms with Crippen LogP contribution in [0.2, 0.25) is 0 Å². The maximum atomic E-state index is 11.6. The number of rotatable bonds is 3. The summed E-state index contributed by atoms with van der Waals surface area (Å²) in [6.45, 7) is 6.48. The maximum absolute atomic E-state index is 11.6. The Morgan fingerprint density at radius 2 is 1.63 bits per heavy atom. The van der Waals surface area contributed by atoms with E-state index in [0.29, 0.717) is 5.92 Å². The molecule has 2 saturated carbocycles. The Hall–Kier alpha value is -0.730. The minimum Gasteiger partial charge on any atom is -0.444 e. The number of nitrogens with one attached hydrogen (secondary N) is 1. The second-order valence-electron chi connectivity index (χ2n) is 7.35. The molecule has 0 saturated heterocycles. The highest BCUT2D eigenvalue weighted by Crippen LogP contribution is 2.42. The summed E-state index contributed by atoms with van der Waals surface area (Å²) in [6, 6.07) is 0. The Morgan fingerprint density at radius 1 is 1.05 bits per heavy atom. The van der Waals surface area contributed by atoms with Crippen molar-refractivity contribution in [3.05, 3.63) is 0 Å². The van der Waals surface area contributed by atoms with Crippen molar-refractivity contribution in [2.75, 3.05) is 6.54 Å². The molecule has 0 aliphatic heterocycles. The summed E-state index contributed by atoms with van der Waals surface area (Å²) in [5.41, 5.74) is -0.397. The maximum Gasteiger partial charge on any atom is 0.407 e. The molecule has 2 aliphatic carbocycles. The van der Waals surface area contributed by atoms with Crippen LogP contribution in [0.1, 0.15) is 65.7 Å². The molecular weight excluding hydrogens is 238 g/mol. The zero-order valence-electron chi connectivity index (χ0n) is 12.7. The minimum atomic E-state index is -0.397. The van der Waals surface area contributed by atoms with Gasteiger partial charge in [0.2, 0.25) is 0 Å². The largest absolute Gasteiger partial charge is 0.444 e. The average molecular weight is 267 g/mol. The van der Waals surface area contributed by atoms with E-state index in [1.54, 1.807) is 0 Å². The lowest BCUT2D eigenvalue weighted by Crippen LogP contribution is -2.36. The number of carbonyl (C=O) groups excluding carboxylic acids is 1. The van der Waals surface area contributed by atoms with E-state index in [-0.39, 0.29) is 6.09 Å². The Morgan fingerprint density at radius 3 is 2.11 bits per heavy atom. The molecule has 0 aromatic heterocycles. The SMILES string of the molecule is CC(C)(C)OC(=O)NCC1CCC(C2CCC2)CC1. The summed E-state index contributed by atoms with van der Waals surface area (Å²) in [7, 11) is 0. The van der Waals surface area contributed by atoms with Crippen molar-refractivity contribution in [3.63, 3.8) is 0 Å². The highest BCUT2D eigenvalue weighted by molar-refractivity contribution is 5.67. The number of ether oxygens (including phenoxy) is 1. The van der Waals surface area contributed by atoms with Crippen LogP contribution in [0.25, 0.3) is 0 Å². The van der Waals surface area contributed by atoms with Gasteiger partial charge in [-0.2, -0.15) is 0 Å². The second kappa shape index (κ2) is 6.15. The number of carbonyl (C=O) groups is 1. The lowest BCUT2D eigenvalue weighted by atomic mass is 9.68. The molecule has 2 rings (SSSR count). The van der Waals surface area contributed by atoms with Crippen LogP contribution in [0.5, 0.6) is 0 Å². The van der Waals surface area contributed by atoms with Gasteiger partial charge in [0, 0.05) is 6.54 Å². The van der Waals surface area contributed by atoms with Crippen molar-refractivity contribution in [1.29, 1.82) is 0 Å². The van der Waals surface area contributed by atoms with Gasteiger partial charge in [-0.25, -0.2) is 4.79 Å². The molecule has 0 heterocycles. The minimum absolute atomic E-state index is 0.270. The van der Waals surface area contributed by atoms with E-state index < -0.39 is 5.60 Å². The van der Waals surface area contributed by atoms with Gasteiger partial charge in [-0.05, 0) is 64.2 Å². The van der Waals surface area contributed by atoms with Crippen molar-refractivity contribution in [2.45, 2.75) is 71.3 Å². The summed E-state index contributed by atoms with van der Waals surface area (Å²) < 4.78 is 5.26. The van der Waals surface area contributed by atoms with Gasteiger partial charge in [0.1, 0.15) is 5.60 Å². The molecule has 0 unspecified atom stereocenters. The van der Waals surface area contributed by atoms with Gasteiger partial charge >= 0.3 is 6.09 Å². The summed E-state index contributed by atoms with van der Waals surface area (Å²) >= 11 is 0. The fourth-order valence-electron chi connectivity index (χ4n) is 3.32. The van der Waals surface area contributed by atoms with Gasteiger partial charge < -0.3 is 10.1 Å². The highest BCUT2D eigenvalue weighted by Gasteiger charge is 2.31. The van der Waals surface area contributed by atoms with Gasteiger partial charge in [-0.3, -0.25) is 0 Å². The molecule has 0 bridgehead atoms. The molecule has 2 aliphatic rings. The first kappa shape index (κ1) is 14.7. The van der Waals surface area contributed by atoms with Crippen molar-refractivity contribution in [3.8, 4) is 0 Å². The predicted octanol–water partition coefficient (Wildman–Crippen LogP) is 4.12. The number of hydrogen-bond acceptors (Lipinski definition) is 2. The van der Waals surface area contributed by atoms with Crippen LogP contribution >= 0.6 is 0 Å². The van der Waals surface area contributed by atoms with Crippen LogP contribution in [0.15, 0.2) is 0 Å². The smallest absolute Gasteiger partial charge is 0.407 e. The third kappa shape index (κ3) is 4.70. The Kier molecular flexibility index (Phi) is 4.75. The molecule has 110 valence electrons. The van der Waals surface area contributed by atoms with E-state index in [0.717, 1.165) is 18.4 Å². The van der Waals surface area contributed by atoms with Crippen LogP contribution in [-0.2, 0) is 4.74 Å². The quantitative estimate of drug-likeness (QED) is 0.835. The Labute approximate surface area is 117 Å². The highest BCUT2D eigenvalue weighted by atomic mass is 16.6. The Bertz CT molecular complexity index is 296. The van der Waals surface area contributed by atoms with Gasteiger partial charge in [0.05, 0.1) is 0 Å². The van der Waals surface area contributed by atoms with Crippen molar-refractivity contribution >= 4 is 6.09 Å². The molecule has 3 heteroatoms.